The van der Waals surface area contributed by atoms with Crippen molar-refractivity contribution < 1.29 is 4.79 Å². The second kappa shape index (κ2) is 9.29. The molecule has 1 aliphatic rings. The summed E-state index contributed by atoms with van der Waals surface area (Å²) in [4.78, 5) is 14.6. The van der Waals surface area contributed by atoms with E-state index >= 15 is 0 Å². The largest absolute Gasteiger partial charge is 0.339 e. The summed E-state index contributed by atoms with van der Waals surface area (Å²) >= 11 is 5.88. The molecule has 1 amide bonds. The summed E-state index contributed by atoms with van der Waals surface area (Å²) in [6, 6.07) is 7.97. The van der Waals surface area contributed by atoms with E-state index in [-0.39, 0.29) is 18.3 Å². The van der Waals surface area contributed by atoms with Gasteiger partial charge in [-0.3, -0.25) is 4.79 Å². The summed E-state index contributed by atoms with van der Waals surface area (Å²) in [5, 5.41) is 4.07. The minimum Gasteiger partial charge on any atom is -0.339 e. The van der Waals surface area contributed by atoms with Crippen molar-refractivity contribution in [3.05, 3.63) is 34.9 Å². The number of halogens is 2. The van der Waals surface area contributed by atoms with Crippen LogP contribution in [0.25, 0.3) is 0 Å². The first-order valence-corrected chi connectivity index (χ1v) is 7.83. The van der Waals surface area contributed by atoms with Gasteiger partial charge < -0.3 is 10.2 Å². The van der Waals surface area contributed by atoms with Crippen LogP contribution >= 0.6 is 24.0 Å². The van der Waals surface area contributed by atoms with Crippen molar-refractivity contribution in [3.63, 3.8) is 0 Å². The number of carbonyl (C=O) groups is 1. The zero-order chi connectivity index (χ0) is 14.4. The van der Waals surface area contributed by atoms with Gasteiger partial charge in [-0.05, 0) is 50.0 Å². The first-order valence-electron chi connectivity index (χ1n) is 7.45. The number of benzene rings is 1. The van der Waals surface area contributed by atoms with Gasteiger partial charge >= 0.3 is 0 Å². The molecule has 0 aromatic heterocycles. The molecule has 1 aliphatic heterocycles. The second-order valence-corrected chi connectivity index (χ2v) is 5.81. The number of carbonyl (C=O) groups excluding carboxylic acids is 1. The van der Waals surface area contributed by atoms with Gasteiger partial charge in [0.15, 0.2) is 0 Å². The molecule has 0 unspecified atom stereocenters. The molecule has 1 fully saturated rings. The van der Waals surface area contributed by atoms with E-state index in [9.17, 15) is 4.79 Å². The molecule has 1 aromatic carbocycles. The average molecular weight is 331 g/mol. The van der Waals surface area contributed by atoms with Gasteiger partial charge in [-0.2, -0.15) is 0 Å². The fourth-order valence-corrected chi connectivity index (χ4v) is 2.87. The number of rotatable bonds is 5. The Labute approximate surface area is 138 Å². The smallest absolute Gasteiger partial charge is 0.227 e. The molecule has 0 aliphatic carbocycles. The molecular weight excluding hydrogens is 307 g/mol. The molecule has 0 atom stereocenters. The standard InChI is InChI=1S/C16H23ClN2O.ClH/c1-2-11-19(15-7-9-18-10-8-15)16(20)12-13-3-5-14(17)6-4-13;/h3-6,15,18H,2,7-12H2,1H3;1H. The van der Waals surface area contributed by atoms with Crippen molar-refractivity contribution in [3.8, 4) is 0 Å². The maximum Gasteiger partial charge on any atom is 0.227 e. The Kier molecular flexibility index (Phi) is 8.09. The van der Waals surface area contributed by atoms with Gasteiger partial charge in [0.05, 0.1) is 6.42 Å². The van der Waals surface area contributed by atoms with Crippen LogP contribution < -0.4 is 5.32 Å². The van der Waals surface area contributed by atoms with Crippen LogP contribution in [0.1, 0.15) is 31.7 Å². The van der Waals surface area contributed by atoms with Crippen LogP contribution in [0.3, 0.4) is 0 Å². The predicted molar refractivity (Wildman–Crippen MR) is 90.3 cm³/mol. The topological polar surface area (TPSA) is 32.3 Å². The number of nitrogens with one attached hydrogen (secondary N) is 1. The number of piperidine rings is 1. The van der Waals surface area contributed by atoms with Gasteiger partial charge in [0.1, 0.15) is 0 Å². The molecule has 0 spiro atoms. The van der Waals surface area contributed by atoms with Crippen LogP contribution in [0.5, 0.6) is 0 Å². The van der Waals surface area contributed by atoms with Crippen molar-refractivity contribution in [2.75, 3.05) is 19.6 Å². The lowest BCUT2D eigenvalue weighted by atomic mass is 10.0. The normalized spacial score (nSPS) is 15.3. The van der Waals surface area contributed by atoms with Crippen molar-refractivity contribution in [1.29, 1.82) is 0 Å². The Balaban J connectivity index is 0.00000220. The summed E-state index contributed by atoms with van der Waals surface area (Å²) in [7, 11) is 0. The molecule has 3 nitrogen and oxygen atoms in total. The third-order valence-electron chi connectivity index (χ3n) is 3.80. The summed E-state index contributed by atoms with van der Waals surface area (Å²) in [5.74, 6) is 0.237. The number of hydrogen-bond donors (Lipinski definition) is 1. The second-order valence-electron chi connectivity index (χ2n) is 5.37. The molecule has 1 heterocycles. The molecule has 2 rings (SSSR count). The fraction of sp³-hybridized carbons (Fsp3) is 0.562. The molecule has 0 saturated carbocycles. The summed E-state index contributed by atoms with van der Waals surface area (Å²) in [6.07, 6.45) is 3.61. The zero-order valence-corrected chi connectivity index (χ0v) is 14.1. The third-order valence-corrected chi connectivity index (χ3v) is 4.05. The third kappa shape index (κ3) is 5.50. The summed E-state index contributed by atoms with van der Waals surface area (Å²) in [6.45, 7) is 5.01. The average Bonchev–Trinajstić information content (AvgIpc) is 2.48. The van der Waals surface area contributed by atoms with Crippen molar-refractivity contribution in [2.45, 2.75) is 38.6 Å². The molecule has 1 saturated heterocycles. The molecule has 21 heavy (non-hydrogen) atoms. The molecule has 0 radical (unpaired) electrons. The van der Waals surface area contributed by atoms with E-state index in [1.165, 1.54) is 0 Å². The van der Waals surface area contributed by atoms with Gasteiger partial charge in [0.2, 0.25) is 5.91 Å². The first kappa shape index (κ1) is 18.3. The SMILES string of the molecule is CCCN(C(=O)Cc1ccc(Cl)cc1)C1CCNCC1.Cl. The fourth-order valence-electron chi connectivity index (χ4n) is 2.75. The lowest BCUT2D eigenvalue weighted by Gasteiger charge is -2.34. The maximum absolute atomic E-state index is 12.6. The van der Waals surface area contributed by atoms with Crippen LogP contribution in [0, 0.1) is 0 Å². The van der Waals surface area contributed by atoms with E-state index in [2.05, 4.69) is 17.1 Å². The van der Waals surface area contributed by atoms with E-state index in [0.717, 1.165) is 44.5 Å². The lowest BCUT2D eigenvalue weighted by molar-refractivity contribution is -0.133. The monoisotopic (exact) mass is 330 g/mol. The van der Waals surface area contributed by atoms with Gasteiger partial charge in [-0.1, -0.05) is 30.7 Å². The molecule has 0 bridgehead atoms. The van der Waals surface area contributed by atoms with Crippen LogP contribution in [-0.2, 0) is 11.2 Å². The van der Waals surface area contributed by atoms with Crippen molar-refractivity contribution in [1.82, 2.24) is 10.2 Å². The van der Waals surface area contributed by atoms with E-state index in [0.29, 0.717) is 17.5 Å². The van der Waals surface area contributed by atoms with Gasteiger partial charge in [-0.15, -0.1) is 12.4 Å². The molecular formula is C16H24Cl2N2O. The Hall–Kier alpha value is -0.770. The highest BCUT2D eigenvalue weighted by atomic mass is 35.5. The highest BCUT2D eigenvalue weighted by Crippen LogP contribution is 2.16. The number of amides is 1. The number of nitrogens with zero attached hydrogens (tertiary/aromatic N) is 1. The number of hydrogen-bond acceptors (Lipinski definition) is 2. The van der Waals surface area contributed by atoms with Crippen LogP contribution in [0.4, 0.5) is 0 Å². The van der Waals surface area contributed by atoms with Crippen LogP contribution in [0.15, 0.2) is 24.3 Å². The zero-order valence-electron chi connectivity index (χ0n) is 12.5. The first-order chi connectivity index (χ1) is 9.70. The Morgan fingerprint density at radius 2 is 1.90 bits per heavy atom. The van der Waals surface area contributed by atoms with Gasteiger partial charge in [0, 0.05) is 17.6 Å². The molecule has 5 heteroatoms. The van der Waals surface area contributed by atoms with Crippen LogP contribution in [0.2, 0.25) is 5.02 Å². The highest BCUT2D eigenvalue weighted by Gasteiger charge is 2.24. The Morgan fingerprint density at radius 1 is 1.29 bits per heavy atom. The van der Waals surface area contributed by atoms with Crippen molar-refractivity contribution in [2.24, 2.45) is 0 Å². The lowest BCUT2D eigenvalue weighted by Crippen LogP contribution is -2.47. The highest BCUT2D eigenvalue weighted by molar-refractivity contribution is 6.30. The molecule has 118 valence electrons. The van der Waals surface area contributed by atoms with Gasteiger partial charge in [-0.25, -0.2) is 0 Å². The van der Waals surface area contributed by atoms with E-state index in [1.807, 2.05) is 24.3 Å². The summed E-state index contributed by atoms with van der Waals surface area (Å²) < 4.78 is 0. The van der Waals surface area contributed by atoms with Gasteiger partial charge in [0.25, 0.3) is 0 Å². The summed E-state index contributed by atoms with van der Waals surface area (Å²) in [5.41, 5.74) is 1.04. The minimum atomic E-state index is 0. The predicted octanol–water partition coefficient (Wildman–Crippen LogP) is 3.29. The Bertz CT molecular complexity index is 430. The van der Waals surface area contributed by atoms with E-state index < -0.39 is 0 Å². The quantitative estimate of drug-likeness (QED) is 0.898. The molecule has 1 N–H and O–H groups in total. The minimum absolute atomic E-state index is 0. The van der Waals surface area contributed by atoms with E-state index in [1.54, 1.807) is 0 Å². The maximum atomic E-state index is 12.6. The van der Waals surface area contributed by atoms with Crippen LogP contribution in [-0.4, -0.2) is 36.5 Å². The molecule has 1 aromatic rings. The van der Waals surface area contributed by atoms with Crippen molar-refractivity contribution >= 4 is 29.9 Å². The van der Waals surface area contributed by atoms with E-state index in [4.69, 9.17) is 11.6 Å². The Morgan fingerprint density at radius 3 is 2.48 bits per heavy atom.